The molecule has 13 heteroatoms. The van der Waals surface area contributed by atoms with E-state index in [1.54, 1.807) is 12.1 Å². The third-order valence-electron chi connectivity index (χ3n) is 5.00. The smallest absolute Gasteiger partial charge is 0.490 e. The van der Waals surface area contributed by atoms with Crippen molar-refractivity contribution in [2.75, 3.05) is 18.1 Å². The lowest BCUT2D eigenvalue weighted by Gasteiger charge is -2.21. The van der Waals surface area contributed by atoms with E-state index < -0.39 is 38.0 Å². The molecule has 0 saturated carbocycles. The molecule has 0 radical (unpaired) electrons. The van der Waals surface area contributed by atoms with Crippen molar-refractivity contribution in [3.63, 3.8) is 0 Å². The molecule has 0 fully saturated rings. The van der Waals surface area contributed by atoms with Crippen molar-refractivity contribution >= 4 is 68.4 Å². The van der Waals surface area contributed by atoms with Crippen LogP contribution in [-0.4, -0.2) is 36.2 Å². The zero-order valence-corrected chi connectivity index (χ0v) is 21.0. The van der Waals surface area contributed by atoms with Gasteiger partial charge in [-0.25, -0.2) is 8.78 Å². The number of fused-ring (bicyclic) bond motifs is 3. The lowest BCUT2D eigenvalue weighted by Crippen LogP contribution is -2.25. The summed E-state index contributed by atoms with van der Waals surface area (Å²) in [5, 5.41) is 0.937. The van der Waals surface area contributed by atoms with Gasteiger partial charge in [0.05, 0.1) is 20.2 Å². The topological polar surface area (TPSA) is 52.6 Å². The first-order valence-corrected chi connectivity index (χ1v) is 14.8. The molecule has 2 aromatic carbocycles. The summed E-state index contributed by atoms with van der Waals surface area (Å²) in [6, 6.07) is 6.07. The van der Waals surface area contributed by atoms with Crippen molar-refractivity contribution in [1.29, 1.82) is 0 Å². The number of halogens is 5. The van der Waals surface area contributed by atoms with Crippen LogP contribution < -0.4 is 4.74 Å². The molecule has 1 aromatic heterocycles. The lowest BCUT2D eigenvalue weighted by atomic mass is 10.1. The molecule has 0 N–H and O–H groups in total. The Bertz CT molecular complexity index is 1380. The SMILES string of the molecule is CCCCOc1ccc2c(sc3c(F)c(C4=S(OS(=O)(=O)C(F)(F)F)CCCS4)ccc32)c1F. The van der Waals surface area contributed by atoms with Crippen LogP contribution in [0.25, 0.3) is 20.2 Å². The normalized spacial score (nSPS) is 17.6. The van der Waals surface area contributed by atoms with Gasteiger partial charge in [0.25, 0.3) is 0 Å². The second kappa shape index (κ2) is 9.92. The summed E-state index contributed by atoms with van der Waals surface area (Å²) in [5.74, 6) is -0.784. The van der Waals surface area contributed by atoms with Crippen LogP contribution in [0.5, 0.6) is 5.75 Å². The maximum absolute atomic E-state index is 15.6. The number of hydrogen-bond donors (Lipinski definition) is 0. The molecule has 1 atom stereocenters. The Morgan fingerprint density at radius 2 is 1.74 bits per heavy atom. The number of thiophene rings is 1. The minimum absolute atomic E-state index is 0.0224. The van der Waals surface area contributed by atoms with Crippen LogP contribution in [0.2, 0.25) is 0 Å². The molecular weight excluding hydrogens is 539 g/mol. The van der Waals surface area contributed by atoms with Crippen LogP contribution in [0, 0.1) is 11.6 Å². The summed E-state index contributed by atoms with van der Waals surface area (Å²) < 4.78 is 103. The average Bonchev–Trinajstić information content (AvgIpc) is 3.16. The molecule has 3 aromatic rings. The molecule has 0 saturated heterocycles. The number of ether oxygens (including phenoxy) is 1. The Kier molecular flexibility index (Phi) is 7.49. The van der Waals surface area contributed by atoms with Gasteiger partial charge in [-0.05, 0) is 47.6 Å². The van der Waals surface area contributed by atoms with E-state index >= 15 is 8.78 Å². The van der Waals surface area contributed by atoms with E-state index in [2.05, 4.69) is 3.63 Å². The molecule has 0 amide bonds. The molecule has 186 valence electrons. The second-order valence-electron chi connectivity index (χ2n) is 7.37. The maximum atomic E-state index is 15.6. The molecule has 34 heavy (non-hydrogen) atoms. The van der Waals surface area contributed by atoms with E-state index in [0.717, 1.165) is 35.9 Å². The van der Waals surface area contributed by atoms with Crippen LogP contribution in [0.15, 0.2) is 24.3 Å². The fourth-order valence-electron chi connectivity index (χ4n) is 3.34. The van der Waals surface area contributed by atoms with E-state index in [0.29, 0.717) is 29.6 Å². The van der Waals surface area contributed by atoms with E-state index in [1.165, 1.54) is 12.1 Å². The van der Waals surface area contributed by atoms with Gasteiger partial charge in [-0.3, -0.25) is 0 Å². The molecule has 4 nitrogen and oxygen atoms in total. The molecule has 1 unspecified atom stereocenters. The van der Waals surface area contributed by atoms with Crippen molar-refractivity contribution in [3.8, 4) is 5.75 Å². The fourth-order valence-corrected chi connectivity index (χ4v) is 9.44. The van der Waals surface area contributed by atoms with Crippen LogP contribution in [0.3, 0.4) is 0 Å². The monoisotopic (exact) mass is 558 g/mol. The number of benzene rings is 2. The standard InChI is InChI=1S/C21H19F5O4S4/c1-2-3-9-29-15-8-7-13-12-5-6-14(16(22)18(12)32-19(13)17(15)23)20-31-10-4-11-33(20)30-34(27,28)21(24,25)26/h5-8H,2-4,9-11H2,1H3. The van der Waals surface area contributed by atoms with Crippen molar-refractivity contribution < 1.29 is 38.7 Å². The van der Waals surface area contributed by atoms with Gasteiger partial charge in [0, 0.05) is 22.1 Å². The Labute approximate surface area is 203 Å². The highest BCUT2D eigenvalue weighted by molar-refractivity contribution is 8.34. The van der Waals surface area contributed by atoms with Gasteiger partial charge >= 0.3 is 15.6 Å². The molecule has 1 aliphatic rings. The largest absolute Gasteiger partial charge is 0.524 e. The zero-order chi connectivity index (χ0) is 24.7. The van der Waals surface area contributed by atoms with Crippen LogP contribution in [-0.2, 0) is 13.7 Å². The molecule has 0 bridgehead atoms. The van der Waals surface area contributed by atoms with Gasteiger partial charge in [-0.1, -0.05) is 19.4 Å². The minimum Gasteiger partial charge on any atom is -0.490 e. The van der Waals surface area contributed by atoms with Gasteiger partial charge < -0.3 is 4.74 Å². The Hall–Kier alpha value is -1.41. The molecule has 0 aliphatic carbocycles. The van der Waals surface area contributed by atoms with Gasteiger partial charge in [0.15, 0.2) is 11.6 Å². The maximum Gasteiger partial charge on any atom is 0.524 e. The van der Waals surface area contributed by atoms with Crippen molar-refractivity contribution in [2.24, 2.45) is 0 Å². The first-order valence-electron chi connectivity index (χ1n) is 10.2. The van der Waals surface area contributed by atoms with E-state index in [-0.39, 0.29) is 30.7 Å². The van der Waals surface area contributed by atoms with Gasteiger partial charge in [0.1, 0.15) is 5.82 Å². The van der Waals surface area contributed by atoms with Crippen molar-refractivity contribution in [1.82, 2.24) is 0 Å². The predicted molar refractivity (Wildman–Crippen MR) is 129 cm³/mol. The highest BCUT2D eigenvalue weighted by atomic mass is 32.3. The van der Waals surface area contributed by atoms with Crippen LogP contribution in [0.1, 0.15) is 31.7 Å². The highest BCUT2D eigenvalue weighted by Gasteiger charge is 2.48. The number of rotatable bonds is 7. The summed E-state index contributed by atoms with van der Waals surface area (Å²) >= 11 is 1.94. The number of thioether (sulfide) groups is 1. The summed E-state index contributed by atoms with van der Waals surface area (Å²) in [5.41, 5.74) is -5.61. The van der Waals surface area contributed by atoms with Crippen LogP contribution >= 0.6 is 33.9 Å². The fraction of sp³-hybridized carbons (Fsp3) is 0.381. The van der Waals surface area contributed by atoms with Gasteiger partial charge in [0.2, 0.25) is 0 Å². The number of alkyl halides is 3. The van der Waals surface area contributed by atoms with E-state index in [1.807, 2.05) is 6.92 Å². The molecule has 1 aliphatic heterocycles. The summed E-state index contributed by atoms with van der Waals surface area (Å²) in [6.07, 6.45) is 2.06. The lowest BCUT2D eigenvalue weighted by molar-refractivity contribution is -0.0494. The van der Waals surface area contributed by atoms with E-state index in [4.69, 9.17) is 4.74 Å². The van der Waals surface area contributed by atoms with E-state index in [9.17, 15) is 21.6 Å². The van der Waals surface area contributed by atoms with Crippen molar-refractivity contribution in [2.45, 2.75) is 31.7 Å². The molecule has 0 spiro atoms. The van der Waals surface area contributed by atoms with Gasteiger partial charge in [-0.15, -0.1) is 23.1 Å². The summed E-state index contributed by atoms with van der Waals surface area (Å²) in [6.45, 7) is 2.33. The highest BCUT2D eigenvalue weighted by Crippen LogP contribution is 2.43. The quantitative estimate of drug-likeness (QED) is 0.133. The second-order valence-corrected chi connectivity index (χ2v) is 13.2. The molecular formula is C21H19F5O4S4. The van der Waals surface area contributed by atoms with Crippen LogP contribution in [0.4, 0.5) is 22.0 Å². The third-order valence-corrected chi connectivity index (χ3v) is 11.3. The first kappa shape index (κ1) is 25.7. The van der Waals surface area contributed by atoms with Gasteiger partial charge in [-0.2, -0.15) is 25.2 Å². The van der Waals surface area contributed by atoms with Crippen molar-refractivity contribution in [3.05, 3.63) is 41.5 Å². The molecule has 4 rings (SSSR count). The summed E-state index contributed by atoms with van der Waals surface area (Å²) in [7, 11) is -7.63. The Morgan fingerprint density at radius 1 is 1.06 bits per heavy atom. The predicted octanol–water partition coefficient (Wildman–Crippen LogP) is 7.18. The Morgan fingerprint density at radius 3 is 2.41 bits per heavy atom. The Balaban J connectivity index is 1.81. The minimum atomic E-state index is -5.84. The third kappa shape index (κ3) is 4.81. The summed E-state index contributed by atoms with van der Waals surface area (Å²) in [4.78, 5) is 0. The average molecular weight is 559 g/mol. The number of hydrogen-bond acceptors (Lipinski definition) is 6. The molecule has 2 heterocycles. The zero-order valence-electron chi connectivity index (χ0n) is 17.7. The number of unbranched alkanes of at least 4 members (excludes halogenated alkanes) is 1. The first-order chi connectivity index (χ1) is 16.0.